The van der Waals surface area contributed by atoms with E-state index in [9.17, 15) is 0 Å². The topological polar surface area (TPSA) is 23.5 Å². The number of piperidine rings is 1. The van der Waals surface area contributed by atoms with Crippen LogP contribution in [0.25, 0.3) is 0 Å². The zero-order valence-corrected chi connectivity index (χ0v) is 8.63. The maximum absolute atomic E-state index is 8.88. The fraction of sp³-hybridized carbons (Fsp3) is 1.00. The summed E-state index contributed by atoms with van der Waals surface area (Å²) in [6, 6.07) is 0. The average molecular weight is 183 g/mol. The number of nitrogens with zero attached hydrogens (tertiary/aromatic N) is 1. The van der Waals surface area contributed by atoms with Crippen LogP contribution in [0.2, 0.25) is 0 Å². The standard InChI is InChI=1S/C11H21NO/c1-2-10-9-12(7-8-13)6-5-11(10)3-4-11/h10,13H,2-9H2,1H3. The molecule has 2 rings (SSSR count). The van der Waals surface area contributed by atoms with Crippen LogP contribution in [0.5, 0.6) is 0 Å². The van der Waals surface area contributed by atoms with Crippen LogP contribution in [0, 0.1) is 11.3 Å². The van der Waals surface area contributed by atoms with Gasteiger partial charge in [0.05, 0.1) is 6.61 Å². The number of aliphatic hydroxyl groups excluding tert-OH is 1. The van der Waals surface area contributed by atoms with Gasteiger partial charge in [0.25, 0.3) is 0 Å². The number of rotatable bonds is 3. The molecule has 0 aromatic rings. The van der Waals surface area contributed by atoms with Crippen molar-refractivity contribution in [1.29, 1.82) is 0 Å². The first-order valence-corrected chi connectivity index (χ1v) is 5.64. The third-order valence-corrected chi connectivity index (χ3v) is 4.07. The van der Waals surface area contributed by atoms with E-state index in [1.807, 2.05) is 0 Å². The van der Waals surface area contributed by atoms with Crippen molar-refractivity contribution in [3.63, 3.8) is 0 Å². The van der Waals surface area contributed by atoms with Crippen molar-refractivity contribution >= 4 is 0 Å². The van der Waals surface area contributed by atoms with Gasteiger partial charge in [-0.25, -0.2) is 0 Å². The molecule has 1 aliphatic heterocycles. The molecule has 1 unspecified atom stereocenters. The van der Waals surface area contributed by atoms with Crippen LogP contribution in [0.3, 0.4) is 0 Å². The molecule has 13 heavy (non-hydrogen) atoms. The van der Waals surface area contributed by atoms with Gasteiger partial charge in [0.2, 0.25) is 0 Å². The summed E-state index contributed by atoms with van der Waals surface area (Å²) >= 11 is 0. The maximum atomic E-state index is 8.88. The lowest BCUT2D eigenvalue weighted by molar-refractivity contribution is 0.0848. The zero-order valence-electron chi connectivity index (χ0n) is 8.63. The largest absolute Gasteiger partial charge is 0.395 e. The molecule has 76 valence electrons. The summed E-state index contributed by atoms with van der Waals surface area (Å²) in [6.07, 6.45) is 5.64. The van der Waals surface area contributed by atoms with E-state index in [4.69, 9.17) is 5.11 Å². The van der Waals surface area contributed by atoms with Crippen LogP contribution in [0.1, 0.15) is 32.6 Å². The van der Waals surface area contributed by atoms with Gasteiger partial charge >= 0.3 is 0 Å². The molecule has 2 aliphatic rings. The van der Waals surface area contributed by atoms with Gasteiger partial charge in [0.1, 0.15) is 0 Å². The highest BCUT2D eigenvalue weighted by molar-refractivity contribution is 5.01. The third kappa shape index (κ3) is 1.75. The lowest BCUT2D eigenvalue weighted by atomic mass is 9.80. The lowest BCUT2D eigenvalue weighted by Gasteiger charge is -2.38. The number of likely N-dealkylation sites (tertiary alicyclic amines) is 1. The van der Waals surface area contributed by atoms with Gasteiger partial charge in [0, 0.05) is 13.1 Å². The van der Waals surface area contributed by atoms with Gasteiger partial charge in [-0.15, -0.1) is 0 Å². The van der Waals surface area contributed by atoms with Crippen LogP contribution in [0.15, 0.2) is 0 Å². The van der Waals surface area contributed by atoms with E-state index in [2.05, 4.69) is 11.8 Å². The van der Waals surface area contributed by atoms with Crippen molar-refractivity contribution in [1.82, 2.24) is 4.90 Å². The highest BCUT2D eigenvalue weighted by atomic mass is 16.3. The summed E-state index contributed by atoms with van der Waals surface area (Å²) in [7, 11) is 0. The van der Waals surface area contributed by atoms with Crippen molar-refractivity contribution in [2.75, 3.05) is 26.2 Å². The molecule has 1 saturated heterocycles. The Kier molecular flexibility index (Phi) is 2.61. The van der Waals surface area contributed by atoms with Crippen molar-refractivity contribution in [3.8, 4) is 0 Å². The van der Waals surface area contributed by atoms with Crippen molar-refractivity contribution in [2.45, 2.75) is 32.6 Å². The summed E-state index contributed by atoms with van der Waals surface area (Å²) in [5.74, 6) is 0.910. The number of aliphatic hydroxyl groups is 1. The first-order valence-electron chi connectivity index (χ1n) is 5.64. The Balaban J connectivity index is 1.90. The highest BCUT2D eigenvalue weighted by Gasteiger charge is 2.50. The van der Waals surface area contributed by atoms with Gasteiger partial charge in [-0.1, -0.05) is 13.3 Å². The van der Waals surface area contributed by atoms with Crippen molar-refractivity contribution in [3.05, 3.63) is 0 Å². The number of hydrogen-bond acceptors (Lipinski definition) is 2. The van der Waals surface area contributed by atoms with Gasteiger partial charge < -0.3 is 10.0 Å². The van der Waals surface area contributed by atoms with E-state index < -0.39 is 0 Å². The average Bonchev–Trinajstić information content (AvgIpc) is 2.90. The molecule has 1 saturated carbocycles. The summed E-state index contributed by atoms with van der Waals surface area (Å²) in [5, 5.41) is 8.88. The molecule has 0 bridgehead atoms. The quantitative estimate of drug-likeness (QED) is 0.716. The van der Waals surface area contributed by atoms with Gasteiger partial charge in [-0.3, -0.25) is 0 Å². The summed E-state index contributed by atoms with van der Waals surface area (Å²) in [6.45, 7) is 5.97. The molecule has 0 radical (unpaired) electrons. The molecule has 2 heteroatoms. The van der Waals surface area contributed by atoms with Crippen LogP contribution in [-0.4, -0.2) is 36.2 Å². The third-order valence-electron chi connectivity index (χ3n) is 4.07. The van der Waals surface area contributed by atoms with Gasteiger partial charge in [0.15, 0.2) is 0 Å². The molecular formula is C11H21NO. The van der Waals surface area contributed by atoms with Crippen molar-refractivity contribution < 1.29 is 5.11 Å². The van der Waals surface area contributed by atoms with Crippen LogP contribution < -0.4 is 0 Å². The van der Waals surface area contributed by atoms with Crippen LogP contribution in [-0.2, 0) is 0 Å². The fourth-order valence-corrected chi connectivity index (χ4v) is 2.91. The Morgan fingerprint density at radius 3 is 2.69 bits per heavy atom. The minimum atomic E-state index is 0.323. The molecule has 1 heterocycles. The Morgan fingerprint density at radius 1 is 1.38 bits per heavy atom. The van der Waals surface area contributed by atoms with Crippen molar-refractivity contribution in [2.24, 2.45) is 11.3 Å². The molecule has 1 spiro atoms. The Hall–Kier alpha value is -0.0800. The predicted molar refractivity (Wildman–Crippen MR) is 53.6 cm³/mol. The van der Waals surface area contributed by atoms with Crippen LogP contribution >= 0.6 is 0 Å². The van der Waals surface area contributed by atoms with E-state index in [1.165, 1.54) is 38.8 Å². The second-order valence-corrected chi connectivity index (χ2v) is 4.74. The van der Waals surface area contributed by atoms with E-state index in [0.717, 1.165) is 17.9 Å². The Labute approximate surface area is 80.9 Å². The van der Waals surface area contributed by atoms with Gasteiger partial charge in [-0.2, -0.15) is 0 Å². The smallest absolute Gasteiger partial charge is 0.0558 e. The molecule has 0 amide bonds. The number of hydrogen-bond donors (Lipinski definition) is 1. The molecule has 1 N–H and O–H groups in total. The molecule has 0 aromatic heterocycles. The summed E-state index contributed by atoms with van der Waals surface area (Å²) < 4.78 is 0. The van der Waals surface area contributed by atoms with Gasteiger partial charge in [-0.05, 0) is 37.1 Å². The van der Waals surface area contributed by atoms with E-state index in [-0.39, 0.29) is 0 Å². The molecular weight excluding hydrogens is 162 g/mol. The first-order chi connectivity index (χ1) is 6.30. The van der Waals surface area contributed by atoms with E-state index in [1.54, 1.807) is 0 Å². The molecule has 1 aliphatic carbocycles. The molecule has 0 aromatic carbocycles. The molecule has 2 fully saturated rings. The SMILES string of the molecule is CCC1CN(CCO)CCC12CC2. The number of β-amino-alcohol motifs (C(OH)–C–C–N with tert-alkyl or cyclic N) is 1. The van der Waals surface area contributed by atoms with E-state index >= 15 is 0 Å². The fourth-order valence-electron chi connectivity index (χ4n) is 2.91. The second-order valence-electron chi connectivity index (χ2n) is 4.74. The maximum Gasteiger partial charge on any atom is 0.0558 e. The molecule has 1 atom stereocenters. The minimum Gasteiger partial charge on any atom is -0.395 e. The lowest BCUT2D eigenvalue weighted by Crippen LogP contribution is -2.42. The minimum absolute atomic E-state index is 0.323. The van der Waals surface area contributed by atoms with Crippen LogP contribution in [0.4, 0.5) is 0 Å². The van der Waals surface area contributed by atoms with E-state index in [0.29, 0.717) is 6.61 Å². The highest BCUT2D eigenvalue weighted by Crippen LogP contribution is 2.57. The molecule has 2 nitrogen and oxygen atoms in total. The Bertz CT molecular complexity index is 177. The summed E-state index contributed by atoms with van der Waals surface area (Å²) in [4.78, 5) is 2.43. The Morgan fingerprint density at radius 2 is 2.15 bits per heavy atom. The second kappa shape index (κ2) is 3.58. The first kappa shape index (κ1) is 9.47. The zero-order chi connectivity index (χ0) is 9.31. The monoisotopic (exact) mass is 183 g/mol. The normalized spacial score (nSPS) is 32.3. The summed E-state index contributed by atoms with van der Waals surface area (Å²) in [5.41, 5.74) is 0.751. The predicted octanol–water partition coefficient (Wildman–Crippen LogP) is 1.49.